The number of methoxy groups -OCH3 is 1. The number of ether oxygens (including phenoxy) is 4. The lowest BCUT2D eigenvalue weighted by Crippen LogP contribution is -2.09. The van der Waals surface area contributed by atoms with Gasteiger partial charge in [0.2, 0.25) is 0 Å². The molecule has 0 aliphatic rings. The molecule has 0 radical (unpaired) electrons. The van der Waals surface area contributed by atoms with Crippen LogP contribution in [0.5, 0.6) is 28.7 Å². The van der Waals surface area contributed by atoms with Crippen molar-refractivity contribution in [3.63, 3.8) is 0 Å². The van der Waals surface area contributed by atoms with Crippen LogP contribution < -0.4 is 19.1 Å². The first kappa shape index (κ1) is 27.8. The van der Waals surface area contributed by atoms with E-state index in [0.717, 1.165) is 6.08 Å². The highest BCUT2D eigenvalue weighted by atomic mass is 17.2. The molecule has 9 nitrogen and oxygen atoms in total. The Balaban J connectivity index is 1.48. The Bertz CT molecular complexity index is 1250. The van der Waals surface area contributed by atoms with Gasteiger partial charge in [-0.05, 0) is 73.5 Å². The van der Waals surface area contributed by atoms with Crippen molar-refractivity contribution >= 4 is 17.7 Å². The Hall–Kier alpha value is -4.76. The summed E-state index contributed by atoms with van der Waals surface area (Å²) in [4.78, 5) is 33.9. The highest BCUT2D eigenvalue weighted by Gasteiger charge is 2.14. The van der Waals surface area contributed by atoms with Crippen molar-refractivity contribution in [3.05, 3.63) is 97.1 Å². The van der Waals surface area contributed by atoms with Crippen molar-refractivity contribution in [2.75, 3.05) is 20.3 Å². The summed E-state index contributed by atoms with van der Waals surface area (Å²) in [6, 6.07) is 17.4. The second kappa shape index (κ2) is 14.1. The van der Waals surface area contributed by atoms with Crippen LogP contribution in [-0.2, 0) is 14.4 Å². The fourth-order valence-corrected chi connectivity index (χ4v) is 3.05. The van der Waals surface area contributed by atoms with Crippen LogP contribution in [-0.4, -0.2) is 37.4 Å². The van der Waals surface area contributed by atoms with E-state index in [1.165, 1.54) is 25.3 Å². The summed E-state index contributed by atoms with van der Waals surface area (Å²) < 4.78 is 21.5. The van der Waals surface area contributed by atoms with Crippen molar-refractivity contribution in [1.29, 1.82) is 0 Å². The number of aromatic hydroxyl groups is 1. The van der Waals surface area contributed by atoms with E-state index >= 15 is 0 Å². The normalized spacial score (nSPS) is 10.2. The van der Waals surface area contributed by atoms with Gasteiger partial charge in [0.1, 0.15) is 17.3 Å². The second-order valence-electron chi connectivity index (χ2n) is 7.78. The Morgan fingerprint density at radius 1 is 0.842 bits per heavy atom. The molecule has 3 rings (SSSR count). The molecule has 0 aliphatic heterocycles. The smallest absolute Gasteiger partial charge is 0.343 e. The minimum absolute atomic E-state index is 0.137. The number of phenols is 1. The Kier molecular flexibility index (Phi) is 10.3. The van der Waals surface area contributed by atoms with E-state index in [1.807, 2.05) is 0 Å². The van der Waals surface area contributed by atoms with Crippen molar-refractivity contribution in [2.45, 2.75) is 12.8 Å². The van der Waals surface area contributed by atoms with E-state index in [4.69, 9.17) is 28.7 Å². The Morgan fingerprint density at radius 3 is 2.18 bits per heavy atom. The van der Waals surface area contributed by atoms with E-state index in [0.29, 0.717) is 53.6 Å². The molecule has 0 fully saturated rings. The third kappa shape index (κ3) is 8.42. The number of rotatable bonds is 14. The Morgan fingerprint density at radius 2 is 1.50 bits per heavy atom. The van der Waals surface area contributed by atoms with Crippen molar-refractivity contribution in [2.24, 2.45) is 0 Å². The molecule has 9 heteroatoms. The van der Waals surface area contributed by atoms with Gasteiger partial charge in [-0.3, -0.25) is 0 Å². The van der Waals surface area contributed by atoms with Crippen molar-refractivity contribution in [1.82, 2.24) is 0 Å². The SMILES string of the molecule is C=CC(=O)OCCCCOOc1ccc(C(=O)Oc2ccc(OC(=C)c3ccc(O)cc3)c(OC)c2)cc1. The first-order valence-corrected chi connectivity index (χ1v) is 11.6. The lowest BCUT2D eigenvalue weighted by atomic mass is 10.2. The third-order valence-corrected chi connectivity index (χ3v) is 5.05. The monoisotopic (exact) mass is 520 g/mol. The predicted molar refractivity (Wildman–Crippen MR) is 139 cm³/mol. The van der Waals surface area contributed by atoms with Crippen LogP contribution in [0, 0.1) is 0 Å². The van der Waals surface area contributed by atoms with Gasteiger partial charge in [0.25, 0.3) is 0 Å². The number of benzene rings is 3. The maximum atomic E-state index is 12.6. The fraction of sp³-hybridized carbons (Fsp3) is 0.172. The van der Waals surface area contributed by atoms with Gasteiger partial charge in [0.05, 0.1) is 25.9 Å². The largest absolute Gasteiger partial charge is 0.508 e. The number of phenolic OH excluding ortho intramolecular Hbond substituents is 1. The quantitative estimate of drug-likeness (QED) is 0.0561. The summed E-state index contributed by atoms with van der Waals surface area (Å²) >= 11 is 0. The molecule has 0 aliphatic carbocycles. The summed E-state index contributed by atoms with van der Waals surface area (Å²) in [5.41, 5.74) is 0.992. The lowest BCUT2D eigenvalue weighted by molar-refractivity contribution is -0.207. The van der Waals surface area contributed by atoms with E-state index in [-0.39, 0.29) is 18.1 Å². The van der Waals surface area contributed by atoms with Crippen LogP contribution >= 0.6 is 0 Å². The van der Waals surface area contributed by atoms with Crippen LogP contribution in [0.2, 0.25) is 0 Å². The molecule has 198 valence electrons. The highest BCUT2D eigenvalue weighted by Crippen LogP contribution is 2.34. The number of carbonyl (C=O) groups excluding carboxylic acids is 2. The molecular formula is C29H28O9. The van der Waals surface area contributed by atoms with Gasteiger partial charge in [-0.2, -0.15) is 4.89 Å². The maximum Gasteiger partial charge on any atom is 0.343 e. The van der Waals surface area contributed by atoms with Gasteiger partial charge >= 0.3 is 11.9 Å². The van der Waals surface area contributed by atoms with Gasteiger partial charge < -0.3 is 28.9 Å². The molecule has 0 amide bonds. The van der Waals surface area contributed by atoms with E-state index < -0.39 is 11.9 Å². The van der Waals surface area contributed by atoms with E-state index in [1.54, 1.807) is 48.5 Å². The van der Waals surface area contributed by atoms with Crippen LogP contribution in [0.3, 0.4) is 0 Å². The molecular weight excluding hydrogens is 492 g/mol. The molecule has 3 aromatic rings. The fourth-order valence-electron chi connectivity index (χ4n) is 3.05. The van der Waals surface area contributed by atoms with Crippen LogP contribution in [0.15, 0.2) is 86.0 Å². The first-order chi connectivity index (χ1) is 18.4. The van der Waals surface area contributed by atoms with Crippen molar-refractivity contribution < 1.29 is 43.4 Å². The van der Waals surface area contributed by atoms with E-state index in [9.17, 15) is 14.7 Å². The highest BCUT2D eigenvalue weighted by molar-refractivity contribution is 5.91. The van der Waals surface area contributed by atoms with Gasteiger partial charge in [-0.1, -0.05) is 13.2 Å². The minimum atomic E-state index is -0.573. The molecule has 0 saturated heterocycles. The molecule has 38 heavy (non-hydrogen) atoms. The zero-order chi connectivity index (χ0) is 27.3. The first-order valence-electron chi connectivity index (χ1n) is 11.6. The summed E-state index contributed by atoms with van der Waals surface area (Å²) in [5, 5.41) is 9.44. The standard InChI is InChI=1S/C29H28O9/c1-4-28(31)34-17-5-6-18-35-38-24-13-9-22(10-14-24)29(32)37-25-15-16-26(27(19-25)33-3)36-20(2)21-7-11-23(30)12-8-21/h4,7-16,19,30H,1-2,5-6,17-18H2,3H3. The molecule has 0 unspecified atom stereocenters. The zero-order valence-corrected chi connectivity index (χ0v) is 20.9. The van der Waals surface area contributed by atoms with Gasteiger partial charge in [0.15, 0.2) is 17.2 Å². The number of hydrogen-bond donors (Lipinski definition) is 1. The minimum Gasteiger partial charge on any atom is -0.508 e. The maximum absolute atomic E-state index is 12.6. The molecule has 3 aromatic carbocycles. The summed E-state index contributed by atoms with van der Waals surface area (Å²) in [6.07, 6.45) is 2.37. The van der Waals surface area contributed by atoms with Gasteiger partial charge in [0, 0.05) is 17.7 Å². The average Bonchev–Trinajstić information content (AvgIpc) is 2.93. The second-order valence-corrected chi connectivity index (χ2v) is 7.78. The van der Waals surface area contributed by atoms with Gasteiger partial charge in [-0.15, -0.1) is 0 Å². The van der Waals surface area contributed by atoms with E-state index in [2.05, 4.69) is 13.2 Å². The van der Waals surface area contributed by atoms with Crippen molar-refractivity contribution in [3.8, 4) is 28.7 Å². The number of esters is 2. The molecule has 0 heterocycles. The summed E-state index contributed by atoms with van der Waals surface area (Å²) in [7, 11) is 1.47. The molecule has 0 saturated carbocycles. The average molecular weight is 521 g/mol. The predicted octanol–water partition coefficient (Wildman–Crippen LogP) is 5.49. The summed E-state index contributed by atoms with van der Waals surface area (Å²) in [5.74, 6) is 0.856. The van der Waals surface area contributed by atoms with Crippen LogP contribution in [0.25, 0.3) is 5.76 Å². The van der Waals surface area contributed by atoms with Crippen LogP contribution in [0.4, 0.5) is 0 Å². The van der Waals surface area contributed by atoms with Crippen LogP contribution in [0.1, 0.15) is 28.8 Å². The molecule has 0 aromatic heterocycles. The molecule has 0 bridgehead atoms. The molecule has 0 atom stereocenters. The van der Waals surface area contributed by atoms with Gasteiger partial charge in [-0.25, -0.2) is 9.59 Å². The number of carbonyl (C=O) groups is 2. The number of hydrogen-bond acceptors (Lipinski definition) is 9. The zero-order valence-electron chi connectivity index (χ0n) is 20.9. The molecule has 0 spiro atoms. The topological polar surface area (TPSA) is 110 Å². The summed E-state index contributed by atoms with van der Waals surface area (Å²) in [6.45, 7) is 7.81. The molecule has 1 N–H and O–H groups in total. The number of unbranched alkanes of at least 4 members (excludes halogenated alkanes) is 1. The third-order valence-electron chi connectivity index (χ3n) is 5.05. The lowest BCUT2D eigenvalue weighted by Gasteiger charge is -2.14. The Labute approximate surface area is 220 Å².